The minimum atomic E-state index is 0.847. The summed E-state index contributed by atoms with van der Waals surface area (Å²) in [5, 5.41) is 6.79. The van der Waals surface area contributed by atoms with E-state index >= 15 is 0 Å². The largest absolute Gasteiger partial charge is 0.456 e. The van der Waals surface area contributed by atoms with Crippen molar-refractivity contribution in [2.24, 2.45) is 0 Å². The third-order valence-corrected chi connectivity index (χ3v) is 10.9. The molecule has 0 atom stereocenters. The normalized spacial score (nSPS) is 11.6. The second kappa shape index (κ2) is 12.6. The van der Waals surface area contributed by atoms with Crippen molar-refractivity contribution in [3.63, 3.8) is 0 Å². The SMILES string of the molecule is c1ccc(-c2ccc(N(c3ccc(-c4ccc5oc6ccccc6c5c4)cc3)c3ccc(-c4ccccc4)c4c3oc3ccccc34)c3ccccc23)cc1. The smallest absolute Gasteiger partial charge is 0.160 e. The molecule has 0 unspecified atom stereocenters. The van der Waals surface area contributed by atoms with Gasteiger partial charge in [-0.15, -0.1) is 0 Å². The van der Waals surface area contributed by atoms with E-state index in [1.165, 1.54) is 16.5 Å². The number of anilines is 3. The Morgan fingerprint density at radius 3 is 1.60 bits per heavy atom. The van der Waals surface area contributed by atoms with Gasteiger partial charge in [-0.25, -0.2) is 0 Å². The maximum Gasteiger partial charge on any atom is 0.160 e. The summed E-state index contributed by atoms with van der Waals surface area (Å²) in [7, 11) is 0. The van der Waals surface area contributed by atoms with E-state index in [9.17, 15) is 0 Å². The summed E-state index contributed by atoms with van der Waals surface area (Å²) in [5.74, 6) is 0. The fraction of sp³-hybridized carbons (Fsp3) is 0. The molecule has 2 heterocycles. The highest BCUT2D eigenvalue weighted by Gasteiger charge is 2.24. The van der Waals surface area contributed by atoms with Gasteiger partial charge < -0.3 is 13.7 Å². The number of fused-ring (bicyclic) bond motifs is 7. The van der Waals surface area contributed by atoms with E-state index < -0.39 is 0 Å². The van der Waals surface area contributed by atoms with Crippen LogP contribution in [-0.4, -0.2) is 0 Å². The number of para-hydroxylation sites is 2. The van der Waals surface area contributed by atoms with Crippen LogP contribution in [0.4, 0.5) is 17.1 Å². The van der Waals surface area contributed by atoms with Gasteiger partial charge in [-0.1, -0.05) is 152 Å². The molecule has 3 heteroatoms. The van der Waals surface area contributed by atoms with Crippen molar-refractivity contribution in [3.8, 4) is 33.4 Å². The molecule has 0 spiro atoms. The van der Waals surface area contributed by atoms with Gasteiger partial charge in [0.15, 0.2) is 5.58 Å². The number of rotatable bonds is 6. The molecule has 0 saturated heterocycles. The van der Waals surface area contributed by atoms with E-state index in [4.69, 9.17) is 8.83 Å². The summed E-state index contributed by atoms with van der Waals surface area (Å²) in [6.07, 6.45) is 0. The van der Waals surface area contributed by atoms with E-state index in [0.29, 0.717) is 0 Å². The molecule has 0 fully saturated rings. The molecule has 11 rings (SSSR count). The molecule has 0 radical (unpaired) electrons. The molecular weight excluding hydrogens is 671 g/mol. The Labute approximate surface area is 317 Å². The van der Waals surface area contributed by atoms with Crippen LogP contribution >= 0.6 is 0 Å². The lowest BCUT2D eigenvalue weighted by Crippen LogP contribution is -2.11. The third kappa shape index (κ3) is 5.13. The lowest BCUT2D eigenvalue weighted by Gasteiger charge is -2.28. The molecule has 258 valence electrons. The minimum Gasteiger partial charge on any atom is -0.456 e. The van der Waals surface area contributed by atoms with Crippen LogP contribution in [-0.2, 0) is 0 Å². The van der Waals surface area contributed by atoms with Crippen LogP contribution < -0.4 is 4.90 Å². The summed E-state index contributed by atoms with van der Waals surface area (Å²) >= 11 is 0. The van der Waals surface area contributed by atoms with E-state index in [2.05, 4.69) is 187 Å². The van der Waals surface area contributed by atoms with Gasteiger partial charge in [0.25, 0.3) is 0 Å². The molecule has 0 amide bonds. The molecule has 0 saturated carbocycles. The Morgan fingerprint density at radius 2 is 0.855 bits per heavy atom. The number of hydrogen-bond donors (Lipinski definition) is 0. The molecular formula is C52H33NO2. The van der Waals surface area contributed by atoms with Crippen molar-refractivity contribution in [3.05, 3.63) is 200 Å². The van der Waals surface area contributed by atoms with Crippen molar-refractivity contribution in [1.82, 2.24) is 0 Å². The Bertz CT molecular complexity index is 3190. The fourth-order valence-electron chi connectivity index (χ4n) is 8.31. The number of nitrogens with zero attached hydrogens (tertiary/aromatic N) is 1. The predicted octanol–water partition coefficient (Wildman–Crippen LogP) is 15.1. The minimum absolute atomic E-state index is 0.847. The summed E-state index contributed by atoms with van der Waals surface area (Å²) in [5.41, 5.74) is 13.6. The van der Waals surface area contributed by atoms with E-state index in [0.717, 1.165) is 88.6 Å². The van der Waals surface area contributed by atoms with Gasteiger partial charge in [-0.3, -0.25) is 0 Å². The van der Waals surface area contributed by atoms with Gasteiger partial charge >= 0.3 is 0 Å². The van der Waals surface area contributed by atoms with Gasteiger partial charge in [0.2, 0.25) is 0 Å². The standard InChI is InChI=1S/C52H33NO2/c1-3-13-35(14-4-1)39-28-30-46(42-18-8-7-17-41(39)42)53(38-26-23-34(24-27-38)37-25-32-50-45(33-37)43-19-9-11-21-48(43)54-50)47-31-29-40(36-15-5-2-6-16-36)51-44-20-10-12-22-49(44)55-52(47)51/h1-33H. The Hall–Kier alpha value is -7.36. The van der Waals surface area contributed by atoms with Crippen molar-refractivity contribution in [2.75, 3.05) is 4.90 Å². The Kier molecular flexibility index (Phi) is 7.17. The topological polar surface area (TPSA) is 29.5 Å². The molecule has 9 aromatic carbocycles. The van der Waals surface area contributed by atoms with Gasteiger partial charge in [0, 0.05) is 32.6 Å². The first-order valence-corrected chi connectivity index (χ1v) is 18.7. The summed E-state index contributed by atoms with van der Waals surface area (Å²) in [6, 6.07) is 70.9. The zero-order chi connectivity index (χ0) is 36.3. The molecule has 55 heavy (non-hydrogen) atoms. The first-order chi connectivity index (χ1) is 27.3. The van der Waals surface area contributed by atoms with E-state index in [1.807, 2.05) is 18.2 Å². The zero-order valence-electron chi connectivity index (χ0n) is 29.8. The third-order valence-electron chi connectivity index (χ3n) is 10.9. The highest BCUT2D eigenvalue weighted by atomic mass is 16.3. The summed E-state index contributed by atoms with van der Waals surface area (Å²) < 4.78 is 13.0. The monoisotopic (exact) mass is 703 g/mol. The first kappa shape index (κ1) is 31.2. The highest BCUT2D eigenvalue weighted by Crippen LogP contribution is 2.48. The second-order valence-electron chi connectivity index (χ2n) is 14.0. The van der Waals surface area contributed by atoms with Crippen LogP contribution in [0.2, 0.25) is 0 Å². The molecule has 0 aliphatic heterocycles. The molecule has 11 aromatic rings. The van der Waals surface area contributed by atoms with Gasteiger partial charge in [0.1, 0.15) is 16.7 Å². The molecule has 2 aromatic heterocycles. The Morgan fingerprint density at radius 1 is 0.309 bits per heavy atom. The summed E-state index contributed by atoms with van der Waals surface area (Å²) in [4.78, 5) is 2.37. The number of benzene rings is 9. The molecule has 0 bridgehead atoms. The van der Waals surface area contributed by atoms with Crippen molar-refractivity contribution < 1.29 is 8.83 Å². The van der Waals surface area contributed by atoms with Crippen LogP contribution in [0.15, 0.2) is 209 Å². The van der Waals surface area contributed by atoms with Crippen LogP contribution in [0.1, 0.15) is 0 Å². The highest BCUT2D eigenvalue weighted by molar-refractivity contribution is 6.18. The zero-order valence-corrected chi connectivity index (χ0v) is 29.8. The van der Waals surface area contributed by atoms with Crippen molar-refractivity contribution in [1.29, 1.82) is 0 Å². The van der Waals surface area contributed by atoms with Gasteiger partial charge in [-0.2, -0.15) is 0 Å². The summed E-state index contributed by atoms with van der Waals surface area (Å²) in [6.45, 7) is 0. The van der Waals surface area contributed by atoms with Gasteiger partial charge in [-0.05, 0) is 87.3 Å². The van der Waals surface area contributed by atoms with Gasteiger partial charge in [0.05, 0.1) is 11.4 Å². The van der Waals surface area contributed by atoms with Crippen LogP contribution in [0, 0.1) is 0 Å². The average molecular weight is 704 g/mol. The lowest BCUT2D eigenvalue weighted by molar-refractivity contribution is 0.668. The number of hydrogen-bond acceptors (Lipinski definition) is 3. The second-order valence-corrected chi connectivity index (χ2v) is 14.0. The average Bonchev–Trinajstić information content (AvgIpc) is 3.84. The molecule has 0 aliphatic carbocycles. The van der Waals surface area contributed by atoms with E-state index in [-0.39, 0.29) is 0 Å². The Balaban J connectivity index is 1.14. The molecule has 3 nitrogen and oxygen atoms in total. The van der Waals surface area contributed by atoms with Crippen molar-refractivity contribution in [2.45, 2.75) is 0 Å². The quantitative estimate of drug-likeness (QED) is 0.173. The number of furan rings is 2. The maximum absolute atomic E-state index is 6.89. The van der Waals surface area contributed by atoms with Crippen LogP contribution in [0.3, 0.4) is 0 Å². The maximum atomic E-state index is 6.89. The predicted molar refractivity (Wildman–Crippen MR) is 229 cm³/mol. The fourth-order valence-corrected chi connectivity index (χ4v) is 8.31. The molecule has 0 N–H and O–H groups in total. The van der Waals surface area contributed by atoms with Crippen LogP contribution in [0.25, 0.3) is 88.0 Å². The molecule has 0 aliphatic rings. The lowest BCUT2D eigenvalue weighted by atomic mass is 9.95. The van der Waals surface area contributed by atoms with E-state index in [1.54, 1.807) is 0 Å². The first-order valence-electron chi connectivity index (χ1n) is 18.7. The van der Waals surface area contributed by atoms with Crippen molar-refractivity contribution >= 4 is 71.7 Å². The van der Waals surface area contributed by atoms with Crippen LogP contribution in [0.5, 0.6) is 0 Å².